The van der Waals surface area contributed by atoms with Crippen LogP contribution in [0.4, 0.5) is 13.2 Å². The van der Waals surface area contributed by atoms with Crippen LogP contribution < -0.4 is 4.13 Å². The third-order valence-corrected chi connectivity index (χ3v) is 7.48. The summed E-state index contributed by atoms with van der Waals surface area (Å²) in [5.41, 5.74) is -6.65. The zero-order chi connectivity index (χ0) is 22.5. The Morgan fingerprint density at radius 1 is 1.14 bits per heavy atom. The largest absolute Gasteiger partial charge is 0.512 e. The molecule has 0 atom stereocenters. The lowest BCUT2D eigenvalue weighted by Gasteiger charge is -2.27. The molecule has 9 nitrogen and oxygen atoms in total. The minimum Gasteiger partial charge on any atom is -0.464 e. The monoisotopic (exact) mass is 465 g/mol. The van der Waals surface area contributed by atoms with E-state index >= 15 is 0 Å². The molecule has 0 aromatic heterocycles. The highest BCUT2D eigenvalue weighted by atomic mass is 32.3. The van der Waals surface area contributed by atoms with Gasteiger partial charge >= 0.3 is 27.5 Å². The van der Waals surface area contributed by atoms with E-state index in [-0.39, 0.29) is 5.57 Å². The van der Waals surface area contributed by atoms with Gasteiger partial charge in [-0.25, -0.2) is 21.6 Å². The van der Waals surface area contributed by atoms with Crippen molar-refractivity contribution in [3.05, 3.63) is 12.2 Å². The Bertz CT molecular complexity index is 843. The summed E-state index contributed by atoms with van der Waals surface area (Å²) in [6.07, 6.45) is 3.18. The van der Waals surface area contributed by atoms with Crippen molar-refractivity contribution in [3.8, 4) is 0 Å². The van der Waals surface area contributed by atoms with Gasteiger partial charge in [0.1, 0.15) is 12.2 Å². The minimum atomic E-state index is -6.11. The number of halogens is 3. The third kappa shape index (κ3) is 7.59. The van der Waals surface area contributed by atoms with E-state index in [9.17, 15) is 39.6 Å². The van der Waals surface area contributed by atoms with Crippen LogP contribution >= 0.6 is 0 Å². The van der Waals surface area contributed by atoms with Crippen molar-refractivity contribution in [2.24, 2.45) is 0 Å². The number of ether oxygens (including phenoxy) is 2. The molecular weight excluding hydrogens is 443 g/mol. The lowest BCUT2D eigenvalue weighted by molar-refractivity contribution is -0.156. The lowest BCUT2D eigenvalue weighted by Crippen LogP contribution is -2.41. The SMILES string of the molecule is C=C(CC(=O)OCCS(=O)(=O)NS(=O)(=O)C(F)(F)F)C(=O)OC1(CC)CCCC1. The quantitative estimate of drug-likeness (QED) is 0.379. The Balaban J connectivity index is 2.48. The Morgan fingerprint density at radius 2 is 1.69 bits per heavy atom. The summed E-state index contributed by atoms with van der Waals surface area (Å²) in [7, 11) is -11.0. The summed E-state index contributed by atoms with van der Waals surface area (Å²) < 4.78 is 91.3. The summed E-state index contributed by atoms with van der Waals surface area (Å²) in [4.78, 5) is 23.7. The summed E-state index contributed by atoms with van der Waals surface area (Å²) in [5.74, 6) is -3.10. The molecule has 0 saturated heterocycles. The van der Waals surface area contributed by atoms with Crippen LogP contribution in [-0.4, -0.2) is 52.2 Å². The number of rotatable bonds is 10. The fraction of sp³-hybridized carbons (Fsp3) is 0.733. The highest BCUT2D eigenvalue weighted by Gasteiger charge is 2.48. The van der Waals surface area contributed by atoms with Crippen LogP contribution in [-0.2, 0) is 39.1 Å². The average Bonchev–Trinajstić information content (AvgIpc) is 3.01. The summed E-state index contributed by atoms with van der Waals surface area (Å²) >= 11 is 0. The molecule has 0 radical (unpaired) electrons. The van der Waals surface area contributed by atoms with E-state index < -0.39 is 61.9 Å². The van der Waals surface area contributed by atoms with Crippen molar-refractivity contribution in [1.82, 2.24) is 4.13 Å². The Kier molecular flexibility index (Phi) is 8.25. The lowest BCUT2D eigenvalue weighted by atomic mass is 9.98. The van der Waals surface area contributed by atoms with Crippen molar-refractivity contribution >= 4 is 32.0 Å². The molecule has 14 heteroatoms. The Hall–Kier alpha value is -1.67. The standard InChI is InChI=1S/C15H22F3NO8S2/c1-3-14(6-4-5-7-14)27-13(21)11(2)10-12(20)26-8-9-28(22,23)19-29(24,25)15(16,17)18/h19H,2-10H2,1H3. The van der Waals surface area contributed by atoms with Crippen molar-refractivity contribution in [1.29, 1.82) is 0 Å². The van der Waals surface area contributed by atoms with Crippen molar-refractivity contribution in [3.63, 3.8) is 0 Å². The maximum Gasteiger partial charge on any atom is 0.512 e. The molecule has 1 aliphatic rings. The first kappa shape index (κ1) is 25.4. The number of hydrogen-bond donors (Lipinski definition) is 1. The molecule has 29 heavy (non-hydrogen) atoms. The van der Waals surface area contributed by atoms with Crippen LogP contribution in [0.2, 0.25) is 0 Å². The zero-order valence-corrected chi connectivity index (χ0v) is 17.2. The van der Waals surface area contributed by atoms with E-state index in [0.717, 1.165) is 12.8 Å². The first-order chi connectivity index (χ1) is 13.1. The van der Waals surface area contributed by atoms with Crippen LogP contribution in [0.3, 0.4) is 0 Å². The average molecular weight is 465 g/mol. The molecule has 1 saturated carbocycles. The molecule has 0 spiro atoms. The second-order valence-corrected chi connectivity index (χ2v) is 10.3. The van der Waals surface area contributed by atoms with Gasteiger partial charge in [0.15, 0.2) is 0 Å². The third-order valence-electron chi connectivity index (χ3n) is 4.27. The molecule has 0 bridgehead atoms. The molecule has 0 amide bonds. The van der Waals surface area contributed by atoms with Gasteiger partial charge in [-0.05, 0) is 32.1 Å². The number of esters is 2. The number of carbonyl (C=O) groups is 2. The van der Waals surface area contributed by atoms with Gasteiger partial charge < -0.3 is 9.47 Å². The van der Waals surface area contributed by atoms with E-state index in [1.54, 1.807) is 0 Å². The van der Waals surface area contributed by atoms with E-state index in [1.807, 2.05) is 6.92 Å². The highest BCUT2D eigenvalue weighted by molar-refractivity contribution is 8.05. The highest BCUT2D eigenvalue weighted by Crippen LogP contribution is 2.36. The second-order valence-electron chi connectivity index (χ2n) is 6.49. The maximum absolute atomic E-state index is 12.2. The summed E-state index contributed by atoms with van der Waals surface area (Å²) in [6.45, 7) is 4.36. The normalized spacial score (nSPS) is 17.0. The number of hydrogen-bond acceptors (Lipinski definition) is 8. The van der Waals surface area contributed by atoms with Crippen molar-refractivity contribution in [2.45, 2.75) is 56.6 Å². The smallest absolute Gasteiger partial charge is 0.464 e. The van der Waals surface area contributed by atoms with Crippen LogP contribution in [0.15, 0.2) is 12.2 Å². The van der Waals surface area contributed by atoms with Crippen LogP contribution in [0.25, 0.3) is 0 Å². The minimum absolute atomic E-state index is 0.227. The van der Waals surface area contributed by atoms with Gasteiger partial charge in [0.25, 0.3) is 0 Å². The number of sulfonamides is 2. The molecule has 0 heterocycles. The van der Waals surface area contributed by atoms with Gasteiger partial charge in [0, 0.05) is 5.57 Å². The molecule has 1 aliphatic carbocycles. The number of carbonyl (C=O) groups excluding carboxylic acids is 2. The van der Waals surface area contributed by atoms with Crippen LogP contribution in [0, 0.1) is 0 Å². The zero-order valence-electron chi connectivity index (χ0n) is 15.6. The molecule has 1 fully saturated rings. The van der Waals surface area contributed by atoms with Gasteiger partial charge in [0.2, 0.25) is 10.0 Å². The predicted octanol–water partition coefficient (Wildman–Crippen LogP) is 1.51. The molecule has 0 aromatic carbocycles. The topological polar surface area (TPSA) is 133 Å². The van der Waals surface area contributed by atoms with E-state index in [4.69, 9.17) is 4.74 Å². The number of alkyl halides is 3. The fourth-order valence-corrected chi connectivity index (χ4v) is 4.99. The van der Waals surface area contributed by atoms with Gasteiger partial charge in [-0.3, -0.25) is 4.79 Å². The molecule has 1 N–H and O–H groups in total. The summed E-state index contributed by atoms with van der Waals surface area (Å²) in [5, 5.41) is 0. The first-order valence-electron chi connectivity index (χ1n) is 8.52. The van der Waals surface area contributed by atoms with E-state index in [1.165, 1.54) is 0 Å². The molecule has 168 valence electrons. The van der Waals surface area contributed by atoms with Crippen LogP contribution in [0.1, 0.15) is 45.4 Å². The maximum atomic E-state index is 12.2. The molecule has 0 unspecified atom stereocenters. The van der Waals surface area contributed by atoms with E-state index in [2.05, 4.69) is 11.3 Å². The van der Waals surface area contributed by atoms with Crippen molar-refractivity contribution in [2.75, 3.05) is 12.4 Å². The van der Waals surface area contributed by atoms with Gasteiger partial charge in [-0.15, -0.1) is 4.13 Å². The molecule has 0 aromatic rings. The van der Waals surface area contributed by atoms with Crippen molar-refractivity contribution < 1.29 is 49.1 Å². The summed E-state index contributed by atoms with van der Waals surface area (Å²) in [6, 6.07) is 0. The van der Waals surface area contributed by atoms with Gasteiger partial charge in [-0.1, -0.05) is 13.5 Å². The predicted molar refractivity (Wildman–Crippen MR) is 94.2 cm³/mol. The Labute approximate surface area is 166 Å². The molecule has 0 aliphatic heterocycles. The van der Waals surface area contributed by atoms with Crippen LogP contribution in [0.5, 0.6) is 0 Å². The van der Waals surface area contributed by atoms with Gasteiger partial charge in [-0.2, -0.15) is 13.2 Å². The molecular formula is C15H22F3NO8S2. The second kappa shape index (κ2) is 9.43. The number of nitrogens with one attached hydrogen (secondary N) is 1. The molecule has 1 rings (SSSR count). The Morgan fingerprint density at radius 3 is 2.17 bits per heavy atom. The van der Waals surface area contributed by atoms with Gasteiger partial charge in [0.05, 0.1) is 12.2 Å². The fourth-order valence-electron chi connectivity index (χ4n) is 2.63. The van der Waals surface area contributed by atoms with E-state index in [0.29, 0.717) is 23.4 Å². The first-order valence-corrected chi connectivity index (χ1v) is 11.7.